The molecule has 1 amide bonds. The van der Waals surface area contributed by atoms with Gasteiger partial charge in [0, 0.05) is 25.7 Å². The van der Waals surface area contributed by atoms with Gasteiger partial charge >= 0.3 is 6.09 Å². The second-order valence-corrected chi connectivity index (χ2v) is 3.53. The van der Waals surface area contributed by atoms with Crippen LogP contribution in [0.5, 0.6) is 0 Å². The van der Waals surface area contributed by atoms with Crippen LogP contribution >= 0.6 is 0 Å². The lowest BCUT2D eigenvalue weighted by atomic mass is 10.0. The van der Waals surface area contributed by atoms with Crippen LogP contribution in [0.4, 0.5) is 4.79 Å². The van der Waals surface area contributed by atoms with E-state index in [0.29, 0.717) is 25.0 Å². The van der Waals surface area contributed by atoms with Gasteiger partial charge in [-0.1, -0.05) is 13.8 Å². The number of amides is 1. The summed E-state index contributed by atoms with van der Waals surface area (Å²) in [5.74, 6) is 0.493. The highest BCUT2D eigenvalue weighted by molar-refractivity contribution is 5.65. The summed E-state index contributed by atoms with van der Waals surface area (Å²) in [6.45, 7) is 6.20. The summed E-state index contributed by atoms with van der Waals surface area (Å²) < 4.78 is 0. The lowest BCUT2D eigenvalue weighted by Gasteiger charge is -2.33. The largest absolute Gasteiger partial charge is 0.465 e. The Labute approximate surface area is 72.6 Å². The van der Waals surface area contributed by atoms with Gasteiger partial charge < -0.3 is 15.3 Å². The van der Waals surface area contributed by atoms with Crippen molar-refractivity contribution in [3.8, 4) is 0 Å². The molecule has 0 saturated carbocycles. The third-order valence-corrected chi connectivity index (χ3v) is 2.28. The molecule has 1 saturated heterocycles. The van der Waals surface area contributed by atoms with E-state index in [4.69, 9.17) is 5.11 Å². The molecule has 70 valence electrons. The molecule has 1 aliphatic rings. The van der Waals surface area contributed by atoms with Gasteiger partial charge in [-0.15, -0.1) is 0 Å². The van der Waals surface area contributed by atoms with Crippen LogP contribution in [-0.4, -0.2) is 41.8 Å². The number of hydrogen-bond acceptors (Lipinski definition) is 2. The number of carbonyl (C=O) groups is 1. The average Bonchev–Trinajstić information content (AvgIpc) is 2.04. The maximum Gasteiger partial charge on any atom is 0.407 e. The summed E-state index contributed by atoms with van der Waals surface area (Å²) in [6, 6.07) is 0.315. The van der Waals surface area contributed by atoms with Gasteiger partial charge in [-0.25, -0.2) is 4.79 Å². The zero-order valence-electron chi connectivity index (χ0n) is 7.58. The first-order valence-electron chi connectivity index (χ1n) is 4.32. The Kier molecular flexibility index (Phi) is 2.92. The summed E-state index contributed by atoms with van der Waals surface area (Å²) in [5.41, 5.74) is 0. The number of nitrogens with one attached hydrogen (secondary N) is 1. The standard InChI is InChI=1S/C8H16N2O2/c1-6(2)7-5-10(8(11)12)4-3-9-7/h6-7,9H,3-5H2,1-2H3,(H,11,12)/t7-/m1/s1. The van der Waals surface area contributed by atoms with Crippen LogP contribution < -0.4 is 5.32 Å². The highest BCUT2D eigenvalue weighted by Crippen LogP contribution is 2.07. The molecule has 0 bridgehead atoms. The van der Waals surface area contributed by atoms with Crippen molar-refractivity contribution in [1.29, 1.82) is 0 Å². The fourth-order valence-electron chi connectivity index (χ4n) is 1.40. The van der Waals surface area contributed by atoms with E-state index >= 15 is 0 Å². The zero-order chi connectivity index (χ0) is 9.14. The maximum absolute atomic E-state index is 10.6. The Hall–Kier alpha value is -0.770. The summed E-state index contributed by atoms with van der Waals surface area (Å²) in [4.78, 5) is 12.1. The fraction of sp³-hybridized carbons (Fsp3) is 0.875. The zero-order valence-corrected chi connectivity index (χ0v) is 7.58. The van der Waals surface area contributed by atoms with Crippen molar-refractivity contribution in [2.45, 2.75) is 19.9 Å². The van der Waals surface area contributed by atoms with Crippen LogP contribution in [0.3, 0.4) is 0 Å². The molecule has 0 aromatic rings. The Morgan fingerprint density at radius 3 is 2.83 bits per heavy atom. The fourth-order valence-corrected chi connectivity index (χ4v) is 1.40. The third kappa shape index (κ3) is 2.11. The first kappa shape index (κ1) is 9.32. The van der Waals surface area contributed by atoms with Gasteiger partial charge in [-0.2, -0.15) is 0 Å². The molecular weight excluding hydrogens is 156 g/mol. The van der Waals surface area contributed by atoms with Gasteiger partial charge in [0.1, 0.15) is 0 Å². The van der Waals surface area contributed by atoms with E-state index in [-0.39, 0.29) is 0 Å². The molecule has 4 nitrogen and oxygen atoms in total. The Balaban J connectivity index is 2.46. The molecule has 1 heterocycles. The van der Waals surface area contributed by atoms with E-state index in [2.05, 4.69) is 19.2 Å². The van der Waals surface area contributed by atoms with E-state index in [9.17, 15) is 4.79 Å². The van der Waals surface area contributed by atoms with E-state index in [0.717, 1.165) is 6.54 Å². The summed E-state index contributed by atoms with van der Waals surface area (Å²) in [6.07, 6.45) is -0.804. The molecule has 0 spiro atoms. The summed E-state index contributed by atoms with van der Waals surface area (Å²) in [7, 11) is 0. The van der Waals surface area contributed by atoms with Crippen molar-refractivity contribution < 1.29 is 9.90 Å². The number of hydrogen-bond donors (Lipinski definition) is 2. The molecule has 4 heteroatoms. The number of carboxylic acid groups (broad SMARTS) is 1. The van der Waals surface area contributed by atoms with Crippen LogP contribution in [0.15, 0.2) is 0 Å². The molecule has 0 aromatic carbocycles. The summed E-state index contributed by atoms with van der Waals surface area (Å²) in [5, 5.41) is 12.0. The smallest absolute Gasteiger partial charge is 0.407 e. The minimum atomic E-state index is -0.804. The molecule has 1 aliphatic heterocycles. The van der Waals surface area contributed by atoms with Crippen molar-refractivity contribution in [2.75, 3.05) is 19.6 Å². The number of rotatable bonds is 1. The van der Waals surface area contributed by atoms with Gasteiger partial charge in [0.25, 0.3) is 0 Å². The Bertz CT molecular complexity index is 170. The lowest BCUT2D eigenvalue weighted by molar-refractivity contribution is 0.122. The van der Waals surface area contributed by atoms with Crippen LogP contribution in [0.2, 0.25) is 0 Å². The maximum atomic E-state index is 10.6. The highest BCUT2D eigenvalue weighted by Gasteiger charge is 2.24. The third-order valence-electron chi connectivity index (χ3n) is 2.28. The molecule has 0 unspecified atom stereocenters. The van der Waals surface area contributed by atoms with Gasteiger partial charge in [-0.05, 0) is 5.92 Å². The molecule has 0 aliphatic carbocycles. The molecule has 1 fully saturated rings. The molecule has 0 radical (unpaired) electrons. The Morgan fingerprint density at radius 1 is 1.67 bits per heavy atom. The Morgan fingerprint density at radius 2 is 2.33 bits per heavy atom. The van der Waals surface area contributed by atoms with Gasteiger partial charge in [-0.3, -0.25) is 0 Å². The van der Waals surface area contributed by atoms with Gasteiger partial charge in [0.05, 0.1) is 0 Å². The van der Waals surface area contributed by atoms with E-state index < -0.39 is 6.09 Å². The molecule has 2 N–H and O–H groups in total. The lowest BCUT2D eigenvalue weighted by Crippen LogP contribution is -2.54. The SMILES string of the molecule is CC(C)[C@H]1CN(C(=O)O)CCN1. The molecular formula is C8H16N2O2. The molecule has 12 heavy (non-hydrogen) atoms. The van der Waals surface area contributed by atoms with Gasteiger partial charge in [0.2, 0.25) is 0 Å². The number of piperazine rings is 1. The van der Waals surface area contributed by atoms with Crippen molar-refractivity contribution in [3.05, 3.63) is 0 Å². The van der Waals surface area contributed by atoms with Crippen molar-refractivity contribution in [3.63, 3.8) is 0 Å². The van der Waals surface area contributed by atoms with Crippen LogP contribution in [-0.2, 0) is 0 Å². The predicted octanol–water partition coefficient (Wildman–Crippen LogP) is 0.594. The van der Waals surface area contributed by atoms with E-state index in [1.54, 1.807) is 0 Å². The second kappa shape index (κ2) is 3.76. The minimum Gasteiger partial charge on any atom is -0.465 e. The normalized spacial score (nSPS) is 24.6. The first-order chi connectivity index (χ1) is 5.61. The van der Waals surface area contributed by atoms with Crippen molar-refractivity contribution in [1.82, 2.24) is 10.2 Å². The summed E-state index contributed by atoms with van der Waals surface area (Å²) >= 11 is 0. The van der Waals surface area contributed by atoms with Gasteiger partial charge in [0.15, 0.2) is 0 Å². The monoisotopic (exact) mass is 172 g/mol. The molecule has 1 rings (SSSR count). The second-order valence-electron chi connectivity index (χ2n) is 3.53. The van der Waals surface area contributed by atoms with Crippen molar-refractivity contribution >= 4 is 6.09 Å². The van der Waals surface area contributed by atoms with Crippen LogP contribution in [0, 0.1) is 5.92 Å². The predicted molar refractivity (Wildman–Crippen MR) is 46.2 cm³/mol. The van der Waals surface area contributed by atoms with E-state index in [1.165, 1.54) is 4.90 Å². The topological polar surface area (TPSA) is 52.6 Å². The highest BCUT2D eigenvalue weighted by atomic mass is 16.4. The minimum absolute atomic E-state index is 0.315. The average molecular weight is 172 g/mol. The molecule has 0 aromatic heterocycles. The van der Waals surface area contributed by atoms with Crippen LogP contribution in [0.1, 0.15) is 13.8 Å². The van der Waals surface area contributed by atoms with Crippen molar-refractivity contribution in [2.24, 2.45) is 5.92 Å². The van der Waals surface area contributed by atoms with E-state index in [1.807, 2.05) is 0 Å². The molecule has 1 atom stereocenters. The quantitative estimate of drug-likeness (QED) is 0.608. The van der Waals surface area contributed by atoms with Crippen LogP contribution in [0.25, 0.3) is 0 Å². The number of nitrogens with zero attached hydrogens (tertiary/aromatic N) is 1. The first-order valence-corrected chi connectivity index (χ1v) is 4.32.